The zero-order valence-corrected chi connectivity index (χ0v) is 21.0. The number of guanidine groups is 1. The van der Waals surface area contributed by atoms with Gasteiger partial charge in [0.15, 0.2) is 17.5 Å². The van der Waals surface area contributed by atoms with Crippen LogP contribution in [0, 0.1) is 5.92 Å². The Balaban J connectivity index is 0.00000392. The van der Waals surface area contributed by atoms with Gasteiger partial charge in [0.2, 0.25) is 5.91 Å². The Bertz CT molecular complexity index is 700. The fourth-order valence-electron chi connectivity index (χ4n) is 3.04. The number of carbonyl (C=O) groups excluding carboxylic acids is 1. The lowest BCUT2D eigenvalue weighted by Gasteiger charge is -2.20. The van der Waals surface area contributed by atoms with E-state index in [1.54, 1.807) is 21.3 Å². The summed E-state index contributed by atoms with van der Waals surface area (Å²) in [5, 5.41) is 6.72. The van der Waals surface area contributed by atoms with E-state index < -0.39 is 0 Å². The number of benzene rings is 1. The Labute approximate surface area is 192 Å². The highest BCUT2D eigenvalue weighted by molar-refractivity contribution is 14.0. The lowest BCUT2D eigenvalue weighted by Crippen LogP contribution is -2.45. The van der Waals surface area contributed by atoms with Crippen molar-refractivity contribution in [2.45, 2.75) is 32.9 Å². The summed E-state index contributed by atoms with van der Waals surface area (Å²) in [6.45, 7) is 5.93. The Morgan fingerprint density at radius 1 is 1.32 bits per heavy atom. The smallest absolute Gasteiger partial charge is 0.225 e. The zero-order valence-electron chi connectivity index (χ0n) is 17.0. The Morgan fingerprint density at radius 3 is 2.54 bits per heavy atom. The van der Waals surface area contributed by atoms with Crippen LogP contribution < -0.4 is 20.1 Å². The SMILES string of the molecule is CN=C(NCc1cc(OC)c(OC)cc1Br)NC1CCN(C(=O)C(C)C)C1.I. The van der Waals surface area contributed by atoms with Gasteiger partial charge in [-0.1, -0.05) is 29.8 Å². The Morgan fingerprint density at radius 2 is 1.96 bits per heavy atom. The maximum Gasteiger partial charge on any atom is 0.225 e. The third-order valence-electron chi connectivity index (χ3n) is 4.56. The van der Waals surface area contributed by atoms with Crippen LogP contribution in [0.15, 0.2) is 21.6 Å². The molecule has 28 heavy (non-hydrogen) atoms. The molecule has 1 amide bonds. The Hall–Kier alpha value is -1.23. The van der Waals surface area contributed by atoms with E-state index >= 15 is 0 Å². The summed E-state index contributed by atoms with van der Waals surface area (Å²) in [4.78, 5) is 18.3. The predicted molar refractivity (Wildman–Crippen MR) is 126 cm³/mol. The van der Waals surface area contributed by atoms with Crippen molar-refractivity contribution >= 4 is 51.8 Å². The first-order valence-electron chi connectivity index (χ1n) is 9.06. The fourth-order valence-corrected chi connectivity index (χ4v) is 3.50. The summed E-state index contributed by atoms with van der Waals surface area (Å²) in [5.41, 5.74) is 1.03. The molecule has 1 saturated heterocycles. The van der Waals surface area contributed by atoms with Gasteiger partial charge in [0.1, 0.15) is 0 Å². The normalized spacial score (nSPS) is 16.6. The first-order chi connectivity index (χ1) is 12.9. The van der Waals surface area contributed by atoms with Crippen molar-refractivity contribution < 1.29 is 14.3 Å². The molecule has 2 N–H and O–H groups in total. The van der Waals surface area contributed by atoms with Gasteiger partial charge in [-0.05, 0) is 24.1 Å². The van der Waals surface area contributed by atoms with Crippen molar-refractivity contribution in [3.63, 3.8) is 0 Å². The molecule has 158 valence electrons. The summed E-state index contributed by atoms with van der Waals surface area (Å²) >= 11 is 3.57. The minimum absolute atomic E-state index is 0. The average Bonchev–Trinajstić information content (AvgIpc) is 3.13. The molecule has 0 aromatic heterocycles. The molecule has 1 unspecified atom stereocenters. The second kappa shape index (κ2) is 11.7. The van der Waals surface area contributed by atoms with Crippen LogP contribution in [0.4, 0.5) is 0 Å². The molecule has 1 aliphatic heterocycles. The lowest BCUT2D eigenvalue weighted by atomic mass is 10.2. The standard InChI is InChI=1S/C19H29BrN4O3.HI/c1-12(2)18(25)24-7-6-14(11-24)23-19(21-3)22-10-13-8-16(26-4)17(27-5)9-15(13)20;/h8-9,12,14H,6-7,10-11H2,1-5H3,(H2,21,22,23);1H. The van der Waals surface area contributed by atoms with Crippen molar-refractivity contribution in [1.29, 1.82) is 0 Å². The number of nitrogens with one attached hydrogen (secondary N) is 2. The number of halogens is 2. The highest BCUT2D eigenvalue weighted by Gasteiger charge is 2.28. The third-order valence-corrected chi connectivity index (χ3v) is 5.30. The van der Waals surface area contributed by atoms with Crippen LogP contribution in [0.3, 0.4) is 0 Å². The van der Waals surface area contributed by atoms with Crippen LogP contribution >= 0.6 is 39.9 Å². The average molecular weight is 569 g/mol. The zero-order chi connectivity index (χ0) is 20.0. The number of hydrogen-bond acceptors (Lipinski definition) is 4. The quantitative estimate of drug-likeness (QED) is 0.313. The number of hydrogen-bond donors (Lipinski definition) is 2. The molecule has 0 spiro atoms. The number of likely N-dealkylation sites (tertiary alicyclic amines) is 1. The molecule has 1 aromatic carbocycles. The molecule has 0 bridgehead atoms. The molecular weight excluding hydrogens is 539 g/mol. The van der Waals surface area contributed by atoms with Crippen LogP contribution in [0.1, 0.15) is 25.8 Å². The second-order valence-electron chi connectivity index (χ2n) is 6.79. The molecule has 7 nitrogen and oxygen atoms in total. The van der Waals surface area contributed by atoms with Gasteiger partial charge in [0, 0.05) is 43.1 Å². The monoisotopic (exact) mass is 568 g/mol. The van der Waals surface area contributed by atoms with E-state index in [1.165, 1.54) is 0 Å². The van der Waals surface area contributed by atoms with E-state index in [-0.39, 0.29) is 41.8 Å². The van der Waals surface area contributed by atoms with E-state index in [0.29, 0.717) is 30.5 Å². The molecule has 2 rings (SSSR count). The number of aliphatic imine (C=N–C) groups is 1. The van der Waals surface area contributed by atoms with Crippen LogP contribution in [-0.2, 0) is 11.3 Å². The van der Waals surface area contributed by atoms with Crippen LogP contribution in [0.5, 0.6) is 11.5 Å². The van der Waals surface area contributed by atoms with Crippen molar-refractivity contribution in [2.24, 2.45) is 10.9 Å². The molecule has 1 aromatic rings. The number of methoxy groups -OCH3 is 2. The van der Waals surface area contributed by atoms with Gasteiger partial charge in [-0.15, -0.1) is 24.0 Å². The third kappa shape index (κ3) is 6.40. The molecule has 1 aliphatic rings. The number of amides is 1. The molecular formula is C19H30BrIN4O3. The van der Waals surface area contributed by atoms with Crippen molar-refractivity contribution in [3.05, 3.63) is 22.2 Å². The lowest BCUT2D eigenvalue weighted by molar-refractivity contribution is -0.133. The maximum absolute atomic E-state index is 12.1. The minimum Gasteiger partial charge on any atom is -0.493 e. The van der Waals surface area contributed by atoms with Gasteiger partial charge in [-0.25, -0.2) is 0 Å². The van der Waals surface area contributed by atoms with E-state index in [1.807, 2.05) is 30.9 Å². The second-order valence-corrected chi connectivity index (χ2v) is 7.65. The van der Waals surface area contributed by atoms with Crippen molar-refractivity contribution in [3.8, 4) is 11.5 Å². The topological polar surface area (TPSA) is 75.2 Å². The van der Waals surface area contributed by atoms with Crippen molar-refractivity contribution in [1.82, 2.24) is 15.5 Å². The van der Waals surface area contributed by atoms with Gasteiger partial charge < -0.3 is 25.0 Å². The maximum atomic E-state index is 12.1. The minimum atomic E-state index is 0. The number of nitrogens with zero attached hydrogens (tertiary/aromatic N) is 2. The van der Waals surface area contributed by atoms with Crippen LogP contribution in [0.2, 0.25) is 0 Å². The van der Waals surface area contributed by atoms with Crippen LogP contribution in [0.25, 0.3) is 0 Å². The summed E-state index contributed by atoms with van der Waals surface area (Å²) < 4.78 is 11.6. The number of rotatable bonds is 6. The highest BCUT2D eigenvalue weighted by Crippen LogP contribution is 2.33. The van der Waals surface area contributed by atoms with Gasteiger partial charge >= 0.3 is 0 Å². The summed E-state index contributed by atoms with van der Waals surface area (Å²) in [6, 6.07) is 4.02. The molecule has 1 atom stereocenters. The van der Waals surface area contributed by atoms with E-state index in [2.05, 4.69) is 31.6 Å². The summed E-state index contributed by atoms with van der Waals surface area (Å²) in [6.07, 6.45) is 0.916. The summed E-state index contributed by atoms with van der Waals surface area (Å²) in [7, 11) is 4.97. The van der Waals surface area contributed by atoms with Gasteiger partial charge in [0.05, 0.1) is 14.2 Å². The summed E-state index contributed by atoms with van der Waals surface area (Å²) in [5.74, 6) is 2.30. The van der Waals surface area contributed by atoms with Gasteiger partial charge in [-0.2, -0.15) is 0 Å². The number of ether oxygens (including phenoxy) is 2. The molecule has 0 aliphatic carbocycles. The van der Waals surface area contributed by atoms with Gasteiger partial charge in [0.25, 0.3) is 0 Å². The van der Waals surface area contributed by atoms with Crippen molar-refractivity contribution in [2.75, 3.05) is 34.4 Å². The van der Waals surface area contributed by atoms with E-state index in [4.69, 9.17) is 9.47 Å². The molecule has 1 fully saturated rings. The molecule has 9 heteroatoms. The Kier molecular flexibility index (Phi) is 10.4. The largest absolute Gasteiger partial charge is 0.493 e. The first-order valence-corrected chi connectivity index (χ1v) is 9.85. The predicted octanol–water partition coefficient (Wildman–Crippen LogP) is 3.01. The molecule has 0 radical (unpaired) electrons. The molecule has 1 heterocycles. The number of carbonyl (C=O) groups is 1. The van der Waals surface area contributed by atoms with E-state index in [9.17, 15) is 4.79 Å². The first kappa shape index (κ1) is 24.8. The van der Waals surface area contributed by atoms with Crippen LogP contribution in [-0.4, -0.2) is 57.2 Å². The fraction of sp³-hybridized carbons (Fsp3) is 0.579. The van der Waals surface area contributed by atoms with E-state index in [0.717, 1.165) is 23.0 Å². The molecule has 0 saturated carbocycles. The highest BCUT2D eigenvalue weighted by atomic mass is 127. The van der Waals surface area contributed by atoms with Gasteiger partial charge in [-0.3, -0.25) is 9.79 Å².